The fraction of sp³-hybridized carbons (Fsp3) is 1.00. The van der Waals surface area contributed by atoms with Gasteiger partial charge in [0, 0.05) is 27.2 Å². The number of rotatable bonds is 2. The van der Waals surface area contributed by atoms with Gasteiger partial charge in [0.2, 0.25) is 0 Å². The van der Waals surface area contributed by atoms with E-state index in [1.807, 2.05) is 24.5 Å². The molecule has 3 aliphatic heterocycles. The zero-order chi connectivity index (χ0) is 12.0. The number of hydrogen-bond acceptors (Lipinski definition) is 8. The number of hydrogen-bond donors (Lipinski definition) is 2. The Labute approximate surface area is 102 Å². The average molecular weight is 242 g/mol. The maximum absolute atomic E-state index is 3.13. The smallest absolute Gasteiger partial charge is 0.0340 e. The first-order valence-electron chi connectivity index (χ1n) is 6.37. The minimum atomic E-state index is 0.830. The van der Waals surface area contributed by atoms with Crippen molar-refractivity contribution in [2.45, 2.75) is 26.2 Å². The third-order valence-electron chi connectivity index (χ3n) is 3.63. The van der Waals surface area contributed by atoms with Crippen LogP contribution in [0.25, 0.3) is 0 Å². The maximum Gasteiger partial charge on any atom is 0.0340 e. The van der Waals surface area contributed by atoms with Gasteiger partial charge in [-0.25, -0.2) is 10.9 Å². The summed E-state index contributed by atoms with van der Waals surface area (Å²) in [6.45, 7) is 4.50. The topological polar surface area (TPSA) is 43.5 Å². The first kappa shape index (κ1) is 11.8. The van der Waals surface area contributed by atoms with E-state index < -0.39 is 0 Å². The molecule has 0 aromatic carbocycles. The third kappa shape index (κ3) is 1.61. The molecule has 0 amide bonds. The molecule has 0 aromatic heterocycles. The van der Waals surface area contributed by atoms with E-state index in [2.05, 4.69) is 38.5 Å². The lowest BCUT2D eigenvalue weighted by Gasteiger charge is -2.72. The monoisotopic (exact) mass is 242 g/mol. The van der Waals surface area contributed by atoms with E-state index in [9.17, 15) is 0 Å². The summed E-state index contributed by atoms with van der Waals surface area (Å²) in [5, 5.41) is 12.6. The molecule has 1 unspecified atom stereocenters. The fourth-order valence-corrected chi connectivity index (χ4v) is 2.64. The predicted molar refractivity (Wildman–Crippen MR) is 61.9 cm³/mol. The summed E-state index contributed by atoms with van der Waals surface area (Å²) in [6.07, 6.45) is 3.82. The molecule has 0 aliphatic carbocycles. The highest BCUT2D eigenvalue weighted by atomic mass is 16.6. The van der Waals surface area contributed by atoms with Crippen LogP contribution in [0.5, 0.6) is 0 Å². The quantitative estimate of drug-likeness (QED) is 0.660. The molecule has 3 rings (SSSR count). The molecule has 0 radical (unpaired) electrons. The van der Waals surface area contributed by atoms with E-state index in [0.717, 1.165) is 19.0 Å². The third-order valence-corrected chi connectivity index (χ3v) is 3.63. The molecule has 2 N–H and O–H groups in total. The molecule has 3 heterocycles. The van der Waals surface area contributed by atoms with Crippen molar-refractivity contribution < 1.29 is 0 Å². The predicted octanol–water partition coefficient (Wildman–Crippen LogP) is -0.681. The van der Waals surface area contributed by atoms with Crippen LogP contribution in [0.1, 0.15) is 26.2 Å². The highest BCUT2D eigenvalue weighted by Crippen LogP contribution is 2.36. The van der Waals surface area contributed by atoms with Crippen LogP contribution in [0.15, 0.2) is 0 Å². The molecule has 17 heavy (non-hydrogen) atoms. The van der Waals surface area contributed by atoms with Gasteiger partial charge in [-0.15, -0.1) is 10.2 Å². The van der Waals surface area contributed by atoms with Crippen LogP contribution in [0, 0.1) is 5.92 Å². The SMILES string of the molecule is CNN1N(NC)N2N3CCC(C)CCCN3N12. The van der Waals surface area contributed by atoms with E-state index >= 15 is 0 Å². The highest BCUT2D eigenvalue weighted by Gasteiger charge is 2.61. The van der Waals surface area contributed by atoms with Gasteiger partial charge in [0.1, 0.15) is 0 Å². The number of fused-ring (bicyclic) bond motifs is 4. The van der Waals surface area contributed by atoms with Gasteiger partial charge in [-0.1, -0.05) is 6.92 Å². The lowest BCUT2D eigenvalue weighted by atomic mass is 10.0. The van der Waals surface area contributed by atoms with Crippen molar-refractivity contribution in [3.8, 4) is 0 Å². The molecule has 1 atom stereocenters. The summed E-state index contributed by atoms with van der Waals surface area (Å²) >= 11 is 0. The number of hydrazine groups is 9. The van der Waals surface area contributed by atoms with Crippen LogP contribution in [0.2, 0.25) is 0 Å². The van der Waals surface area contributed by atoms with Crippen LogP contribution < -0.4 is 10.9 Å². The second kappa shape index (κ2) is 4.41. The molecule has 8 nitrogen and oxygen atoms in total. The van der Waals surface area contributed by atoms with Gasteiger partial charge in [-0.2, -0.15) is 0 Å². The molecule has 3 aliphatic rings. The maximum atomic E-state index is 3.13. The van der Waals surface area contributed by atoms with Crippen molar-refractivity contribution in [2.24, 2.45) is 5.92 Å². The molecule has 8 heteroatoms. The second-order valence-corrected chi connectivity index (χ2v) is 4.79. The molecule has 98 valence electrons. The standard InChI is InChI=1S/C9H22N8/c1-9-5-4-7-12-13(8-6-9)17-15(11-3)14(10-2)16(12)17/h9-11H,4-8H2,1-3H3. The number of nitrogens with one attached hydrogen (secondary N) is 2. The Morgan fingerprint density at radius 1 is 0.882 bits per heavy atom. The van der Waals surface area contributed by atoms with Gasteiger partial charge < -0.3 is 0 Å². The Kier molecular flexibility index (Phi) is 3.05. The zero-order valence-electron chi connectivity index (χ0n) is 10.8. The molecule has 3 saturated heterocycles. The average Bonchev–Trinajstić information content (AvgIpc) is 2.29. The van der Waals surface area contributed by atoms with Crippen molar-refractivity contribution in [2.75, 3.05) is 27.2 Å². The summed E-state index contributed by atoms with van der Waals surface area (Å²) in [5.41, 5.74) is 6.25. The van der Waals surface area contributed by atoms with E-state index in [1.165, 1.54) is 19.3 Å². The van der Waals surface area contributed by atoms with Crippen LogP contribution in [0.4, 0.5) is 0 Å². The minimum absolute atomic E-state index is 0.830. The Bertz CT molecular complexity index is 280. The van der Waals surface area contributed by atoms with E-state index in [-0.39, 0.29) is 0 Å². The van der Waals surface area contributed by atoms with Crippen molar-refractivity contribution in [1.29, 1.82) is 0 Å². The molecule has 0 saturated carbocycles. The van der Waals surface area contributed by atoms with Gasteiger partial charge in [0.05, 0.1) is 0 Å². The van der Waals surface area contributed by atoms with Crippen LogP contribution in [-0.4, -0.2) is 58.3 Å². The summed E-state index contributed by atoms with van der Waals surface area (Å²) in [6, 6.07) is 0. The normalized spacial score (nSPS) is 34.4. The second-order valence-electron chi connectivity index (χ2n) is 4.79. The summed E-state index contributed by atoms with van der Waals surface area (Å²) < 4.78 is 0. The van der Waals surface area contributed by atoms with Gasteiger partial charge >= 0.3 is 0 Å². The summed E-state index contributed by atoms with van der Waals surface area (Å²) in [5.74, 6) is 0.830. The molecular weight excluding hydrogens is 220 g/mol. The Balaban J connectivity index is 1.68. The van der Waals surface area contributed by atoms with Gasteiger partial charge in [0.25, 0.3) is 0 Å². The molecular formula is C9H22N8. The van der Waals surface area contributed by atoms with Crippen molar-refractivity contribution in [3.05, 3.63) is 0 Å². The van der Waals surface area contributed by atoms with Gasteiger partial charge in [-0.05, 0) is 46.1 Å². The van der Waals surface area contributed by atoms with Crippen molar-refractivity contribution in [3.63, 3.8) is 0 Å². The Hall–Kier alpha value is -0.320. The lowest BCUT2D eigenvalue weighted by molar-refractivity contribution is -0.758. The van der Waals surface area contributed by atoms with Gasteiger partial charge in [-0.3, -0.25) is 0 Å². The zero-order valence-corrected chi connectivity index (χ0v) is 10.8. The largest absolute Gasteiger partial charge is 0.225 e. The highest BCUT2D eigenvalue weighted by molar-refractivity contribution is 4.70. The van der Waals surface area contributed by atoms with E-state index in [4.69, 9.17) is 0 Å². The van der Waals surface area contributed by atoms with Crippen LogP contribution in [-0.2, 0) is 0 Å². The first-order chi connectivity index (χ1) is 8.27. The van der Waals surface area contributed by atoms with E-state index in [1.54, 1.807) is 0 Å². The lowest BCUT2D eigenvalue weighted by Crippen LogP contribution is -2.99. The van der Waals surface area contributed by atoms with Gasteiger partial charge in [0.15, 0.2) is 0 Å². The van der Waals surface area contributed by atoms with Crippen molar-refractivity contribution >= 4 is 0 Å². The summed E-state index contributed by atoms with van der Waals surface area (Å²) in [7, 11) is 3.83. The first-order valence-corrected chi connectivity index (χ1v) is 6.37. The van der Waals surface area contributed by atoms with E-state index in [0.29, 0.717) is 0 Å². The molecule has 0 bridgehead atoms. The molecule has 0 aromatic rings. The Morgan fingerprint density at radius 2 is 1.47 bits per heavy atom. The number of nitrogens with zero attached hydrogens (tertiary/aromatic N) is 6. The molecule has 3 fully saturated rings. The van der Waals surface area contributed by atoms with Crippen LogP contribution in [0.3, 0.4) is 0 Å². The Morgan fingerprint density at radius 3 is 2.06 bits per heavy atom. The van der Waals surface area contributed by atoms with Crippen LogP contribution >= 0.6 is 0 Å². The molecule has 0 spiro atoms. The summed E-state index contributed by atoms with van der Waals surface area (Å²) in [4.78, 5) is 0. The van der Waals surface area contributed by atoms with Crippen molar-refractivity contribution in [1.82, 2.24) is 42.0 Å². The fourth-order valence-electron chi connectivity index (χ4n) is 2.64. The minimum Gasteiger partial charge on any atom is -0.225 e.